The number of carbonyl (C=O) groups is 2. The number of hydrogen-bond acceptors (Lipinski definition) is 2. The Kier molecular flexibility index (Phi) is 7.09. The van der Waals surface area contributed by atoms with Gasteiger partial charge in [0, 0.05) is 13.0 Å². The van der Waals surface area contributed by atoms with E-state index >= 15 is 0 Å². The number of benzene rings is 1. The number of carboxylic acid groups (broad SMARTS) is 1. The van der Waals surface area contributed by atoms with E-state index in [1.807, 2.05) is 44.2 Å². The molecule has 1 aromatic carbocycles. The van der Waals surface area contributed by atoms with E-state index in [2.05, 4.69) is 12.2 Å². The Morgan fingerprint density at radius 1 is 1.14 bits per heavy atom. The molecule has 2 N–H and O–H groups in total. The molecule has 1 unspecified atom stereocenters. The highest BCUT2D eigenvalue weighted by atomic mass is 16.4. The van der Waals surface area contributed by atoms with E-state index in [4.69, 9.17) is 0 Å². The molecule has 0 spiro atoms. The second-order valence-corrected chi connectivity index (χ2v) is 5.79. The number of nitrogens with one attached hydrogen (secondary N) is 1. The summed E-state index contributed by atoms with van der Waals surface area (Å²) in [4.78, 5) is 23.6. The van der Waals surface area contributed by atoms with Gasteiger partial charge < -0.3 is 10.4 Å². The van der Waals surface area contributed by atoms with E-state index in [1.54, 1.807) is 0 Å². The average Bonchev–Trinajstić information content (AvgIpc) is 2.54. The molecule has 0 aliphatic carbocycles. The van der Waals surface area contributed by atoms with Gasteiger partial charge in [-0.15, -0.1) is 0 Å². The van der Waals surface area contributed by atoms with E-state index in [-0.39, 0.29) is 18.4 Å². The lowest BCUT2D eigenvalue weighted by atomic mass is 9.82. The quantitative estimate of drug-likeness (QED) is 0.733. The molecule has 0 aliphatic rings. The van der Waals surface area contributed by atoms with E-state index in [0.29, 0.717) is 19.3 Å². The molecule has 22 heavy (non-hydrogen) atoms. The van der Waals surface area contributed by atoms with Crippen LogP contribution in [0.25, 0.3) is 0 Å². The molecular weight excluding hydrogens is 278 g/mol. The van der Waals surface area contributed by atoms with Crippen molar-refractivity contribution in [2.24, 2.45) is 5.41 Å². The fourth-order valence-corrected chi connectivity index (χ4v) is 2.66. The van der Waals surface area contributed by atoms with Gasteiger partial charge >= 0.3 is 5.97 Å². The number of hydrogen-bond donors (Lipinski definition) is 2. The molecule has 122 valence electrons. The lowest BCUT2D eigenvalue weighted by molar-refractivity contribution is -0.149. The van der Waals surface area contributed by atoms with Crippen LogP contribution in [0, 0.1) is 5.41 Å². The molecule has 0 bridgehead atoms. The van der Waals surface area contributed by atoms with Gasteiger partial charge in [0.1, 0.15) is 0 Å². The van der Waals surface area contributed by atoms with Crippen LogP contribution in [0.1, 0.15) is 57.9 Å². The number of carbonyl (C=O) groups excluding carboxylic acids is 1. The van der Waals surface area contributed by atoms with Crippen LogP contribution in [0.3, 0.4) is 0 Å². The lowest BCUT2D eigenvalue weighted by Crippen LogP contribution is -2.42. The van der Waals surface area contributed by atoms with E-state index in [1.165, 1.54) is 0 Å². The van der Waals surface area contributed by atoms with E-state index in [0.717, 1.165) is 12.0 Å². The molecule has 0 saturated heterocycles. The minimum absolute atomic E-state index is 0.0803. The van der Waals surface area contributed by atoms with Crippen LogP contribution in [0.15, 0.2) is 30.3 Å². The summed E-state index contributed by atoms with van der Waals surface area (Å²) in [5, 5.41) is 12.2. The predicted molar refractivity (Wildman–Crippen MR) is 87.8 cm³/mol. The van der Waals surface area contributed by atoms with Gasteiger partial charge in [0.05, 0.1) is 5.41 Å². The Morgan fingerprint density at radius 2 is 1.73 bits per heavy atom. The Hall–Kier alpha value is -1.84. The zero-order chi connectivity index (χ0) is 16.6. The Labute approximate surface area is 132 Å². The normalized spacial score (nSPS) is 12.7. The number of carboxylic acids is 1. The highest BCUT2D eigenvalue weighted by Crippen LogP contribution is 2.26. The molecular formula is C18H27NO3. The molecule has 1 atom stereocenters. The van der Waals surface area contributed by atoms with Crippen LogP contribution >= 0.6 is 0 Å². The van der Waals surface area contributed by atoms with Gasteiger partial charge in [0.2, 0.25) is 5.91 Å². The third-order valence-electron chi connectivity index (χ3n) is 4.63. The smallest absolute Gasteiger partial charge is 0.311 e. The first-order valence-corrected chi connectivity index (χ1v) is 8.04. The number of amides is 1. The predicted octanol–water partition coefficient (Wildman–Crippen LogP) is 3.58. The minimum Gasteiger partial charge on any atom is -0.481 e. The lowest BCUT2D eigenvalue weighted by Gasteiger charge is -2.27. The summed E-state index contributed by atoms with van der Waals surface area (Å²) >= 11 is 0. The standard InChI is InChI=1S/C18H27NO3/c1-4-14(15-10-8-7-9-11-15)12-16(20)19-13-18(5-2,6-3)17(21)22/h7-11,14H,4-6,12-13H2,1-3H3,(H,19,20)(H,21,22). The first-order chi connectivity index (χ1) is 10.5. The molecule has 0 saturated carbocycles. The van der Waals surface area contributed by atoms with Gasteiger partial charge in [-0.1, -0.05) is 51.1 Å². The second kappa shape index (κ2) is 8.57. The van der Waals surface area contributed by atoms with Crippen molar-refractivity contribution in [3.8, 4) is 0 Å². The van der Waals surface area contributed by atoms with Crippen molar-refractivity contribution in [1.82, 2.24) is 5.32 Å². The van der Waals surface area contributed by atoms with Crippen molar-refractivity contribution >= 4 is 11.9 Å². The van der Waals surface area contributed by atoms with Crippen molar-refractivity contribution in [2.45, 2.75) is 52.4 Å². The molecule has 1 rings (SSSR count). The van der Waals surface area contributed by atoms with Crippen LogP contribution in [0.5, 0.6) is 0 Å². The molecule has 0 aliphatic heterocycles. The van der Waals surface area contributed by atoms with Crippen LogP contribution in [-0.4, -0.2) is 23.5 Å². The maximum absolute atomic E-state index is 12.2. The molecule has 0 radical (unpaired) electrons. The zero-order valence-electron chi connectivity index (χ0n) is 13.8. The Morgan fingerprint density at radius 3 is 2.18 bits per heavy atom. The van der Waals surface area contributed by atoms with E-state index in [9.17, 15) is 14.7 Å². The third-order valence-corrected chi connectivity index (χ3v) is 4.63. The number of rotatable bonds is 9. The van der Waals surface area contributed by atoms with Crippen LogP contribution in [0.2, 0.25) is 0 Å². The SMILES string of the molecule is CCC(CC(=O)NCC(CC)(CC)C(=O)O)c1ccccc1. The minimum atomic E-state index is -0.857. The zero-order valence-corrected chi connectivity index (χ0v) is 13.8. The van der Waals surface area contributed by atoms with Crippen molar-refractivity contribution in [1.29, 1.82) is 0 Å². The van der Waals surface area contributed by atoms with Gasteiger partial charge in [-0.2, -0.15) is 0 Å². The summed E-state index contributed by atoms with van der Waals surface area (Å²) in [6.45, 7) is 5.95. The molecule has 0 heterocycles. The van der Waals surface area contributed by atoms with Crippen LogP contribution in [0.4, 0.5) is 0 Å². The summed E-state index contributed by atoms with van der Waals surface area (Å²) in [7, 11) is 0. The summed E-state index contributed by atoms with van der Waals surface area (Å²) < 4.78 is 0. The van der Waals surface area contributed by atoms with Gasteiger partial charge in [-0.25, -0.2) is 0 Å². The third kappa shape index (κ3) is 4.58. The maximum Gasteiger partial charge on any atom is 0.311 e. The van der Waals surface area contributed by atoms with Crippen molar-refractivity contribution in [3.05, 3.63) is 35.9 Å². The van der Waals surface area contributed by atoms with Crippen molar-refractivity contribution in [2.75, 3.05) is 6.54 Å². The maximum atomic E-state index is 12.2. The highest BCUT2D eigenvalue weighted by Gasteiger charge is 2.35. The molecule has 0 aromatic heterocycles. The summed E-state index contributed by atoms with van der Waals surface area (Å²) in [6.07, 6.45) is 2.29. The summed E-state index contributed by atoms with van der Waals surface area (Å²) in [5.74, 6) is -0.750. The first kappa shape index (κ1) is 18.2. The van der Waals surface area contributed by atoms with E-state index < -0.39 is 11.4 Å². The van der Waals surface area contributed by atoms with Crippen LogP contribution in [-0.2, 0) is 9.59 Å². The monoisotopic (exact) mass is 305 g/mol. The van der Waals surface area contributed by atoms with Gasteiger partial charge in [0.15, 0.2) is 0 Å². The second-order valence-electron chi connectivity index (χ2n) is 5.79. The van der Waals surface area contributed by atoms with Crippen LogP contribution < -0.4 is 5.32 Å². The Balaban J connectivity index is 2.63. The first-order valence-electron chi connectivity index (χ1n) is 8.04. The summed E-state index contributed by atoms with van der Waals surface area (Å²) in [6, 6.07) is 9.96. The van der Waals surface area contributed by atoms with Crippen molar-refractivity contribution < 1.29 is 14.7 Å². The van der Waals surface area contributed by atoms with Crippen molar-refractivity contribution in [3.63, 3.8) is 0 Å². The molecule has 4 heteroatoms. The van der Waals surface area contributed by atoms with Gasteiger partial charge in [-0.05, 0) is 30.7 Å². The molecule has 0 fully saturated rings. The Bertz CT molecular complexity index is 480. The average molecular weight is 305 g/mol. The molecule has 4 nitrogen and oxygen atoms in total. The highest BCUT2D eigenvalue weighted by molar-refractivity contribution is 5.79. The molecule has 1 aromatic rings. The van der Waals surface area contributed by atoms with Gasteiger partial charge in [0.25, 0.3) is 0 Å². The molecule has 1 amide bonds. The fourth-order valence-electron chi connectivity index (χ4n) is 2.66. The largest absolute Gasteiger partial charge is 0.481 e. The van der Waals surface area contributed by atoms with Gasteiger partial charge in [-0.3, -0.25) is 9.59 Å². The topological polar surface area (TPSA) is 66.4 Å². The summed E-state index contributed by atoms with van der Waals surface area (Å²) in [5.41, 5.74) is 0.292. The number of aliphatic carboxylic acids is 1. The fraction of sp³-hybridized carbons (Fsp3) is 0.556.